The lowest BCUT2D eigenvalue weighted by Crippen LogP contribution is -2.25. The summed E-state index contributed by atoms with van der Waals surface area (Å²) >= 11 is 0. The molecule has 0 aliphatic carbocycles. The van der Waals surface area contributed by atoms with Crippen LogP contribution in [0.5, 0.6) is 0 Å². The molecule has 0 aromatic heterocycles. The Bertz CT molecular complexity index is 525. The highest BCUT2D eigenvalue weighted by molar-refractivity contribution is 7.83. The van der Waals surface area contributed by atoms with Crippen LogP contribution in [-0.2, 0) is 15.8 Å². The van der Waals surface area contributed by atoms with E-state index in [-0.39, 0.29) is 5.91 Å². The number of hydrogen-bond acceptors (Lipinski definition) is 3. The van der Waals surface area contributed by atoms with Crippen LogP contribution in [0.2, 0.25) is 0 Å². The second kappa shape index (κ2) is 10.5. The minimum absolute atomic E-state index is 0.118. The molecule has 0 saturated carbocycles. The van der Waals surface area contributed by atoms with E-state index in [4.69, 9.17) is 0 Å². The molecule has 4 nitrogen and oxygen atoms in total. The predicted octanol–water partition coefficient (Wildman–Crippen LogP) is 4.18. The average Bonchev–Trinajstić information content (AvgIpc) is 3.12. The third-order valence-electron chi connectivity index (χ3n) is 4.49. The van der Waals surface area contributed by atoms with Gasteiger partial charge in [-0.3, -0.25) is 9.52 Å². The van der Waals surface area contributed by atoms with Gasteiger partial charge < -0.3 is 4.90 Å². The fourth-order valence-corrected chi connectivity index (χ4v) is 3.85. The van der Waals surface area contributed by atoms with Crippen molar-refractivity contribution in [3.63, 3.8) is 0 Å². The Morgan fingerprint density at radius 2 is 1.67 bits per heavy atom. The molecule has 1 aromatic rings. The SMILES string of the molecule is CCCCCCCCC(=O)NS(=O)c1ccc(N2CCCC2)cc1. The number of rotatable bonds is 10. The second-order valence-electron chi connectivity index (χ2n) is 6.50. The first kappa shape index (κ1) is 19.0. The molecular formula is C19H30N2O2S. The van der Waals surface area contributed by atoms with Gasteiger partial charge in [-0.15, -0.1) is 0 Å². The lowest BCUT2D eigenvalue weighted by atomic mass is 10.1. The molecule has 1 aromatic carbocycles. The van der Waals surface area contributed by atoms with Gasteiger partial charge in [-0.1, -0.05) is 39.0 Å². The van der Waals surface area contributed by atoms with Gasteiger partial charge in [0.25, 0.3) is 0 Å². The summed E-state index contributed by atoms with van der Waals surface area (Å²) in [6, 6.07) is 7.71. The number of unbranched alkanes of at least 4 members (excludes halogenated alkanes) is 5. The molecule has 1 aliphatic heterocycles. The summed E-state index contributed by atoms with van der Waals surface area (Å²) in [4.78, 5) is 14.9. The fourth-order valence-electron chi connectivity index (χ4n) is 3.04. The van der Waals surface area contributed by atoms with E-state index in [0.29, 0.717) is 11.3 Å². The van der Waals surface area contributed by atoms with Gasteiger partial charge in [0.15, 0.2) is 11.0 Å². The number of hydrogen-bond donors (Lipinski definition) is 1. The Morgan fingerprint density at radius 3 is 2.33 bits per heavy atom. The maximum absolute atomic E-state index is 12.2. The quantitative estimate of drug-likeness (QED) is 0.644. The van der Waals surface area contributed by atoms with Gasteiger partial charge in [-0.2, -0.15) is 0 Å². The van der Waals surface area contributed by atoms with Crippen LogP contribution < -0.4 is 9.62 Å². The highest BCUT2D eigenvalue weighted by atomic mass is 32.2. The maximum atomic E-state index is 12.2. The van der Waals surface area contributed by atoms with Crippen molar-refractivity contribution in [2.75, 3.05) is 18.0 Å². The molecule has 1 saturated heterocycles. The van der Waals surface area contributed by atoms with Crippen LogP contribution in [0, 0.1) is 0 Å². The number of nitrogens with one attached hydrogen (secondary N) is 1. The normalized spacial score (nSPS) is 15.5. The van der Waals surface area contributed by atoms with E-state index in [1.165, 1.54) is 44.2 Å². The van der Waals surface area contributed by atoms with Crippen molar-refractivity contribution in [3.05, 3.63) is 24.3 Å². The molecule has 0 radical (unpaired) electrons. The fraction of sp³-hybridized carbons (Fsp3) is 0.632. The van der Waals surface area contributed by atoms with Gasteiger partial charge >= 0.3 is 0 Å². The molecule has 1 N–H and O–H groups in total. The van der Waals surface area contributed by atoms with Crippen LogP contribution >= 0.6 is 0 Å². The van der Waals surface area contributed by atoms with Crippen LogP contribution in [0.15, 0.2) is 29.2 Å². The summed E-state index contributed by atoms with van der Waals surface area (Å²) in [6.45, 7) is 4.38. The van der Waals surface area contributed by atoms with Crippen molar-refractivity contribution in [2.24, 2.45) is 0 Å². The molecule has 1 fully saturated rings. The maximum Gasteiger partial charge on any atom is 0.231 e. The monoisotopic (exact) mass is 350 g/mol. The number of carbonyl (C=O) groups is 1. The van der Waals surface area contributed by atoms with Crippen molar-refractivity contribution in [2.45, 2.75) is 69.6 Å². The zero-order valence-electron chi connectivity index (χ0n) is 14.8. The first-order valence-electron chi connectivity index (χ1n) is 9.27. The Balaban J connectivity index is 1.70. The standard InChI is InChI=1S/C19H30N2O2S/c1-2-3-4-5-6-7-10-19(22)20-24(23)18-13-11-17(12-14-18)21-15-8-9-16-21/h11-14H,2-10,15-16H2,1H3,(H,20,22). The summed E-state index contributed by atoms with van der Waals surface area (Å²) in [5, 5.41) is 0. The van der Waals surface area contributed by atoms with Gasteiger partial charge in [-0.05, 0) is 43.5 Å². The first-order chi connectivity index (χ1) is 11.7. The van der Waals surface area contributed by atoms with E-state index in [1.54, 1.807) is 0 Å². The van der Waals surface area contributed by atoms with Crippen molar-refractivity contribution in [3.8, 4) is 0 Å². The Kier molecular flexibility index (Phi) is 8.29. The van der Waals surface area contributed by atoms with Crippen molar-refractivity contribution < 1.29 is 9.00 Å². The van der Waals surface area contributed by atoms with Crippen molar-refractivity contribution in [1.82, 2.24) is 4.72 Å². The van der Waals surface area contributed by atoms with E-state index >= 15 is 0 Å². The van der Waals surface area contributed by atoms with Gasteiger partial charge in [0.05, 0.1) is 4.90 Å². The minimum atomic E-state index is -1.45. The number of benzene rings is 1. The number of amides is 1. The molecule has 1 amide bonds. The third kappa shape index (κ3) is 6.27. The molecule has 24 heavy (non-hydrogen) atoms. The number of nitrogens with zero attached hydrogens (tertiary/aromatic N) is 1. The summed E-state index contributed by atoms with van der Waals surface area (Å²) < 4.78 is 14.8. The van der Waals surface area contributed by atoms with E-state index in [0.717, 1.165) is 25.9 Å². The lowest BCUT2D eigenvalue weighted by molar-refractivity contribution is -0.119. The van der Waals surface area contributed by atoms with Gasteiger partial charge in [0.2, 0.25) is 5.91 Å². The van der Waals surface area contributed by atoms with Crippen LogP contribution in [0.1, 0.15) is 64.7 Å². The summed E-state index contributed by atoms with van der Waals surface area (Å²) in [6.07, 6.45) is 9.81. The van der Waals surface area contributed by atoms with E-state index in [9.17, 15) is 9.00 Å². The third-order valence-corrected chi connectivity index (χ3v) is 5.60. The molecule has 1 heterocycles. The predicted molar refractivity (Wildman–Crippen MR) is 100 cm³/mol. The minimum Gasteiger partial charge on any atom is -0.372 e. The Labute approximate surface area is 148 Å². The molecule has 0 bridgehead atoms. The van der Waals surface area contributed by atoms with Crippen LogP contribution in [-0.4, -0.2) is 23.2 Å². The van der Waals surface area contributed by atoms with Gasteiger partial charge in [-0.25, -0.2) is 4.21 Å². The van der Waals surface area contributed by atoms with E-state index < -0.39 is 11.0 Å². The van der Waals surface area contributed by atoms with E-state index in [1.807, 2.05) is 24.3 Å². The van der Waals surface area contributed by atoms with Crippen LogP contribution in [0.25, 0.3) is 0 Å². The average molecular weight is 351 g/mol. The highest BCUT2D eigenvalue weighted by Gasteiger charge is 2.13. The molecule has 1 atom stereocenters. The molecule has 5 heteroatoms. The molecule has 134 valence electrons. The van der Waals surface area contributed by atoms with Crippen LogP contribution in [0.4, 0.5) is 5.69 Å². The van der Waals surface area contributed by atoms with Crippen molar-refractivity contribution in [1.29, 1.82) is 0 Å². The first-order valence-corrected chi connectivity index (χ1v) is 10.4. The zero-order valence-corrected chi connectivity index (χ0v) is 15.6. The summed E-state index contributed by atoms with van der Waals surface area (Å²) in [5.74, 6) is -0.118. The van der Waals surface area contributed by atoms with Gasteiger partial charge in [0.1, 0.15) is 0 Å². The zero-order chi connectivity index (χ0) is 17.2. The molecule has 0 spiro atoms. The molecule has 2 rings (SSSR count). The molecule has 1 unspecified atom stereocenters. The number of anilines is 1. The Hall–Kier alpha value is -1.36. The summed E-state index contributed by atoms with van der Waals surface area (Å²) in [5.41, 5.74) is 1.17. The van der Waals surface area contributed by atoms with Crippen LogP contribution in [0.3, 0.4) is 0 Å². The lowest BCUT2D eigenvalue weighted by Gasteiger charge is -2.17. The molecule has 1 aliphatic rings. The second-order valence-corrected chi connectivity index (χ2v) is 7.71. The van der Waals surface area contributed by atoms with Crippen molar-refractivity contribution >= 4 is 22.6 Å². The smallest absolute Gasteiger partial charge is 0.231 e. The Morgan fingerprint density at radius 1 is 1.04 bits per heavy atom. The topological polar surface area (TPSA) is 49.4 Å². The molecular weight excluding hydrogens is 320 g/mol. The van der Waals surface area contributed by atoms with Gasteiger partial charge in [0, 0.05) is 25.2 Å². The summed E-state index contributed by atoms with van der Waals surface area (Å²) in [7, 11) is -1.45. The highest BCUT2D eigenvalue weighted by Crippen LogP contribution is 2.21. The van der Waals surface area contributed by atoms with E-state index in [2.05, 4.69) is 16.5 Å². The largest absolute Gasteiger partial charge is 0.372 e. The number of carbonyl (C=O) groups excluding carboxylic acids is 1.